The summed E-state index contributed by atoms with van der Waals surface area (Å²) >= 11 is 0. The lowest BCUT2D eigenvalue weighted by molar-refractivity contribution is -0.123. The number of furan rings is 1. The van der Waals surface area contributed by atoms with Gasteiger partial charge >= 0.3 is 0 Å². The predicted molar refractivity (Wildman–Crippen MR) is 110 cm³/mol. The standard InChI is InChI=1S/C22H24N4O4/c1-14-3-8-20(30-14)18-13-19(22(28)25-11-9-15(10-12-25)21(23)27)26(24-18)16-4-6-17(29-2)7-5-16/h3-8,13,15H,9-12H2,1-2H3,(H2,23,27). The van der Waals surface area contributed by atoms with Crippen LogP contribution in [0.4, 0.5) is 0 Å². The fraction of sp³-hybridized carbons (Fsp3) is 0.318. The summed E-state index contributed by atoms with van der Waals surface area (Å²) in [5.41, 5.74) is 7.16. The van der Waals surface area contributed by atoms with Gasteiger partial charge in [-0.05, 0) is 56.2 Å². The molecule has 8 nitrogen and oxygen atoms in total. The first-order chi connectivity index (χ1) is 14.5. The molecule has 1 saturated heterocycles. The Morgan fingerprint density at radius 3 is 2.40 bits per heavy atom. The Balaban J connectivity index is 1.69. The number of hydrogen-bond donors (Lipinski definition) is 1. The lowest BCUT2D eigenvalue weighted by Crippen LogP contribution is -2.42. The number of amides is 2. The molecule has 1 aliphatic heterocycles. The SMILES string of the molecule is COc1ccc(-n2nc(-c3ccc(C)o3)cc2C(=O)N2CCC(C(N)=O)CC2)cc1. The molecule has 0 bridgehead atoms. The molecule has 8 heteroatoms. The molecule has 0 aliphatic carbocycles. The third kappa shape index (κ3) is 3.80. The van der Waals surface area contributed by atoms with Crippen molar-refractivity contribution in [1.29, 1.82) is 0 Å². The second-order valence-electron chi connectivity index (χ2n) is 7.40. The molecule has 4 rings (SSSR count). The molecule has 156 valence electrons. The molecule has 1 aliphatic rings. The van der Waals surface area contributed by atoms with Gasteiger partial charge in [-0.3, -0.25) is 9.59 Å². The van der Waals surface area contributed by atoms with Crippen LogP contribution in [0.3, 0.4) is 0 Å². The van der Waals surface area contributed by atoms with Crippen LogP contribution in [0.2, 0.25) is 0 Å². The maximum atomic E-state index is 13.3. The van der Waals surface area contributed by atoms with Crippen molar-refractivity contribution in [3.05, 3.63) is 53.9 Å². The number of aromatic nitrogens is 2. The molecular weight excluding hydrogens is 384 g/mol. The fourth-order valence-electron chi connectivity index (χ4n) is 3.68. The molecule has 2 aromatic heterocycles. The summed E-state index contributed by atoms with van der Waals surface area (Å²) in [5, 5.41) is 4.64. The van der Waals surface area contributed by atoms with Crippen molar-refractivity contribution in [2.24, 2.45) is 11.7 Å². The zero-order chi connectivity index (χ0) is 21.3. The van der Waals surface area contributed by atoms with Crippen molar-refractivity contribution < 1.29 is 18.7 Å². The zero-order valence-corrected chi connectivity index (χ0v) is 17.0. The molecular formula is C22H24N4O4. The summed E-state index contributed by atoms with van der Waals surface area (Å²) in [7, 11) is 1.60. The number of likely N-dealkylation sites (tertiary alicyclic amines) is 1. The minimum atomic E-state index is -0.305. The van der Waals surface area contributed by atoms with E-state index in [9.17, 15) is 9.59 Å². The van der Waals surface area contributed by atoms with E-state index in [1.54, 1.807) is 22.8 Å². The minimum Gasteiger partial charge on any atom is -0.497 e. The normalized spacial score (nSPS) is 14.7. The number of aryl methyl sites for hydroxylation is 1. The molecule has 2 N–H and O–H groups in total. The van der Waals surface area contributed by atoms with Gasteiger partial charge in [0.1, 0.15) is 22.9 Å². The maximum absolute atomic E-state index is 13.3. The third-order valence-electron chi connectivity index (χ3n) is 5.42. The molecule has 3 aromatic rings. The number of piperidine rings is 1. The van der Waals surface area contributed by atoms with Crippen molar-refractivity contribution >= 4 is 11.8 Å². The Morgan fingerprint density at radius 1 is 1.13 bits per heavy atom. The number of hydrogen-bond acceptors (Lipinski definition) is 5. The summed E-state index contributed by atoms with van der Waals surface area (Å²) < 4.78 is 12.6. The summed E-state index contributed by atoms with van der Waals surface area (Å²) in [6.07, 6.45) is 1.14. The number of ether oxygens (including phenoxy) is 1. The van der Waals surface area contributed by atoms with Crippen molar-refractivity contribution in [1.82, 2.24) is 14.7 Å². The smallest absolute Gasteiger partial charge is 0.272 e. The van der Waals surface area contributed by atoms with Crippen LogP contribution in [0.1, 0.15) is 29.1 Å². The van der Waals surface area contributed by atoms with Gasteiger partial charge in [0, 0.05) is 25.1 Å². The Bertz CT molecular complexity index is 1060. The van der Waals surface area contributed by atoms with Gasteiger partial charge in [-0.25, -0.2) is 4.68 Å². The van der Waals surface area contributed by atoms with Crippen LogP contribution in [-0.4, -0.2) is 46.7 Å². The minimum absolute atomic E-state index is 0.143. The van der Waals surface area contributed by atoms with Gasteiger partial charge in [-0.15, -0.1) is 0 Å². The molecule has 3 heterocycles. The van der Waals surface area contributed by atoms with E-state index in [1.165, 1.54) is 0 Å². The monoisotopic (exact) mass is 408 g/mol. The largest absolute Gasteiger partial charge is 0.497 e. The van der Waals surface area contributed by atoms with Crippen LogP contribution in [-0.2, 0) is 4.79 Å². The molecule has 0 saturated carbocycles. The van der Waals surface area contributed by atoms with Gasteiger partial charge in [0.2, 0.25) is 5.91 Å². The molecule has 1 aromatic carbocycles. The lowest BCUT2D eigenvalue weighted by Gasteiger charge is -2.30. The number of carbonyl (C=O) groups excluding carboxylic acids is 2. The number of nitrogens with two attached hydrogens (primary N) is 1. The summed E-state index contributed by atoms with van der Waals surface area (Å²) in [6.45, 7) is 2.82. The molecule has 1 fully saturated rings. The van der Waals surface area contributed by atoms with Crippen LogP contribution in [0, 0.1) is 12.8 Å². The zero-order valence-electron chi connectivity index (χ0n) is 17.0. The first-order valence-electron chi connectivity index (χ1n) is 9.86. The third-order valence-corrected chi connectivity index (χ3v) is 5.42. The van der Waals surface area contributed by atoms with Crippen molar-refractivity contribution in [3.8, 4) is 22.9 Å². The Morgan fingerprint density at radius 2 is 1.83 bits per heavy atom. The summed E-state index contributed by atoms with van der Waals surface area (Å²) in [4.78, 5) is 26.5. The average Bonchev–Trinajstić information content (AvgIpc) is 3.40. The van der Waals surface area contributed by atoms with Crippen LogP contribution in [0.5, 0.6) is 5.75 Å². The quantitative estimate of drug-likeness (QED) is 0.699. The molecule has 0 spiro atoms. The molecule has 0 radical (unpaired) electrons. The molecule has 30 heavy (non-hydrogen) atoms. The number of carbonyl (C=O) groups is 2. The van der Waals surface area contributed by atoms with Crippen LogP contribution >= 0.6 is 0 Å². The number of benzene rings is 1. The van der Waals surface area contributed by atoms with Gasteiger partial charge < -0.3 is 19.8 Å². The Hall–Kier alpha value is -3.55. The van der Waals surface area contributed by atoms with E-state index in [1.807, 2.05) is 43.3 Å². The fourth-order valence-corrected chi connectivity index (χ4v) is 3.68. The highest BCUT2D eigenvalue weighted by molar-refractivity contribution is 5.94. The number of primary amides is 1. The number of rotatable bonds is 5. The van der Waals surface area contributed by atoms with Crippen LogP contribution in [0.25, 0.3) is 17.1 Å². The van der Waals surface area contributed by atoms with Crippen molar-refractivity contribution in [2.45, 2.75) is 19.8 Å². The molecule has 0 atom stereocenters. The summed E-state index contributed by atoms with van der Waals surface area (Å²) in [6, 6.07) is 12.8. The van der Waals surface area contributed by atoms with E-state index in [4.69, 9.17) is 14.9 Å². The van der Waals surface area contributed by atoms with Crippen molar-refractivity contribution in [2.75, 3.05) is 20.2 Å². The Labute approximate surface area is 174 Å². The second kappa shape index (κ2) is 8.06. The van der Waals surface area contributed by atoms with E-state index in [2.05, 4.69) is 5.10 Å². The maximum Gasteiger partial charge on any atom is 0.272 e. The highest BCUT2D eigenvalue weighted by atomic mass is 16.5. The number of nitrogens with zero attached hydrogens (tertiary/aromatic N) is 3. The Kier molecular flexibility index (Phi) is 5.31. The highest BCUT2D eigenvalue weighted by Gasteiger charge is 2.29. The second-order valence-corrected chi connectivity index (χ2v) is 7.40. The predicted octanol–water partition coefficient (Wildman–Crippen LogP) is 2.79. The van der Waals surface area contributed by atoms with Gasteiger partial charge in [0.25, 0.3) is 5.91 Å². The highest BCUT2D eigenvalue weighted by Crippen LogP contribution is 2.26. The average molecular weight is 408 g/mol. The van der Waals surface area contributed by atoms with Crippen LogP contribution < -0.4 is 10.5 Å². The number of methoxy groups -OCH3 is 1. The lowest BCUT2D eigenvalue weighted by atomic mass is 9.96. The van der Waals surface area contributed by atoms with Gasteiger partial charge in [0.05, 0.1) is 12.8 Å². The van der Waals surface area contributed by atoms with Gasteiger partial charge in [-0.2, -0.15) is 5.10 Å². The molecule has 0 unspecified atom stereocenters. The van der Waals surface area contributed by atoms with Crippen molar-refractivity contribution in [3.63, 3.8) is 0 Å². The van der Waals surface area contributed by atoms with E-state index >= 15 is 0 Å². The van der Waals surface area contributed by atoms with Crippen LogP contribution in [0.15, 0.2) is 46.9 Å². The molecule has 2 amide bonds. The van der Waals surface area contributed by atoms with E-state index in [0.29, 0.717) is 48.8 Å². The van der Waals surface area contributed by atoms with Gasteiger partial charge in [-0.1, -0.05) is 0 Å². The van der Waals surface area contributed by atoms with E-state index in [0.717, 1.165) is 11.4 Å². The first-order valence-corrected chi connectivity index (χ1v) is 9.86. The topological polar surface area (TPSA) is 104 Å². The first kappa shape index (κ1) is 19.8. The van der Waals surface area contributed by atoms with Gasteiger partial charge in [0.15, 0.2) is 5.76 Å². The van der Waals surface area contributed by atoms with E-state index < -0.39 is 0 Å². The van der Waals surface area contributed by atoms with E-state index in [-0.39, 0.29) is 17.7 Å². The summed E-state index contributed by atoms with van der Waals surface area (Å²) in [5.74, 6) is 1.46.